The molecule has 0 radical (unpaired) electrons. The molecule has 0 aromatic heterocycles. The van der Waals surface area contributed by atoms with Crippen LogP contribution in [-0.2, 0) is 10.1 Å². The van der Waals surface area contributed by atoms with Gasteiger partial charge in [0, 0.05) is 18.7 Å². The number of carbonyl (C=O) groups is 1. The quantitative estimate of drug-likeness (QED) is 0.693. The molecule has 0 aliphatic heterocycles. The van der Waals surface area contributed by atoms with Gasteiger partial charge < -0.3 is 9.08 Å². The van der Waals surface area contributed by atoms with Crippen molar-refractivity contribution in [1.29, 1.82) is 0 Å². The van der Waals surface area contributed by atoms with Gasteiger partial charge in [-0.15, -0.1) is 0 Å². The van der Waals surface area contributed by atoms with Crippen molar-refractivity contribution in [2.24, 2.45) is 0 Å². The van der Waals surface area contributed by atoms with Gasteiger partial charge in [0.1, 0.15) is 10.6 Å². The number of hydrogen-bond acceptors (Lipinski definition) is 4. The third-order valence-corrected chi connectivity index (χ3v) is 6.75. The van der Waals surface area contributed by atoms with Gasteiger partial charge in [-0.05, 0) is 68.1 Å². The molecule has 2 aromatic carbocycles. The normalized spacial score (nSPS) is 15.2. The maximum absolute atomic E-state index is 12.7. The van der Waals surface area contributed by atoms with E-state index in [0.29, 0.717) is 11.1 Å². The van der Waals surface area contributed by atoms with Crippen molar-refractivity contribution >= 4 is 16.0 Å². The van der Waals surface area contributed by atoms with Gasteiger partial charge in [-0.1, -0.05) is 31.4 Å². The van der Waals surface area contributed by atoms with E-state index in [-0.39, 0.29) is 22.6 Å². The van der Waals surface area contributed by atoms with Gasteiger partial charge in [0.15, 0.2) is 0 Å². The minimum absolute atomic E-state index is 0.0455. The Morgan fingerprint density at radius 2 is 1.64 bits per heavy atom. The van der Waals surface area contributed by atoms with Gasteiger partial charge >= 0.3 is 10.1 Å². The molecule has 0 heterocycles. The second kappa shape index (κ2) is 8.35. The van der Waals surface area contributed by atoms with Gasteiger partial charge in [-0.25, -0.2) is 0 Å². The first kappa shape index (κ1) is 20.4. The first-order chi connectivity index (χ1) is 13.3. The van der Waals surface area contributed by atoms with Gasteiger partial charge in [0.25, 0.3) is 5.91 Å². The van der Waals surface area contributed by atoms with E-state index in [9.17, 15) is 13.2 Å². The Morgan fingerprint density at radius 3 is 2.29 bits per heavy atom. The number of rotatable bonds is 5. The standard InChI is InChI=1S/C22H27NO4S/c1-16-9-10-17(2)21(15-16)28(25,26)27-20-13-11-18(12-14-20)22(24)23(3)19-7-5-4-6-8-19/h9-15,19H,4-8H2,1-3H3. The van der Waals surface area contributed by atoms with Crippen molar-refractivity contribution in [3.05, 3.63) is 59.2 Å². The van der Waals surface area contributed by atoms with Gasteiger partial charge in [0.05, 0.1) is 0 Å². The Kier molecular flexibility index (Phi) is 6.08. The van der Waals surface area contributed by atoms with E-state index in [1.54, 1.807) is 31.2 Å². The summed E-state index contributed by atoms with van der Waals surface area (Å²) in [6.45, 7) is 3.57. The molecule has 2 aromatic rings. The molecule has 6 heteroatoms. The van der Waals surface area contributed by atoms with E-state index in [2.05, 4.69) is 0 Å². The summed E-state index contributed by atoms with van der Waals surface area (Å²) in [4.78, 5) is 14.7. The maximum Gasteiger partial charge on any atom is 0.339 e. The van der Waals surface area contributed by atoms with Crippen LogP contribution in [0.1, 0.15) is 53.6 Å². The molecule has 0 spiro atoms. The lowest BCUT2D eigenvalue weighted by molar-refractivity contribution is 0.0696. The minimum atomic E-state index is -3.93. The Balaban J connectivity index is 1.73. The van der Waals surface area contributed by atoms with Crippen LogP contribution in [0, 0.1) is 13.8 Å². The van der Waals surface area contributed by atoms with Crippen molar-refractivity contribution in [3.63, 3.8) is 0 Å². The molecule has 0 saturated heterocycles. The maximum atomic E-state index is 12.7. The molecule has 150 valence electrons. The zero-order chi connectivity index (χ0) is 20.3. The Morgan fingerprint density at radius 1 is 1.00 bits per heavy atom. The number of aryl methyl sites for hydroxylation is 2. The van der Waals surface area contributed by atoms with Gasteiger partial charge in [-0.3, -0.25) is 4.79 Å². The molecule has 1 aliphatic carbocycles. The Bertz CT molecular complexity index is 945. The van der Waals surface area contributed by atoms with Crippen LogP contribution in [0.15, 0.2) is 47.4 Å². The minimum Gasteiger partial charge on any atom is -0.379 e. The van der Waals surface area contributed by atoms with Crippen molar-refractivity contribution in [2.45, 2.75) is 56.9 Å². The molecule has 1 aliphatic rings. The average Bonchev–Trinajstić information content (AvgIpc) is 2.69. The fourth-order valence-corrected chi connectivity index (χ4v) is 4.89. The highest BCUT2D eigenvalue weighted by Gasteiger charge is 2.24. The second-order valence-electron chi connectivity index (χ2n) is 7.54. The zero-order valence-corrected chi connectivity index (χ0v) is 17.5. The number of benzene rings is 2. The number of hydrogen-bond donors (Lipinski definition) is 0. The fraction of sp³-hybridized carbons (Fsp3) is 0.409. The summed E-state index contributed by atoms with van der Waals surface area (Å²) >= 11 is 0. The highest BCUT2D eigenvalue weighted by molar-refractivity contribution is 7.87. The first-order valence-electron chi connectivity index (χ1n) is 9.67. The van der Waals surface area contributed by atoms with Crippen molar-refractivity contribution < 1.29 is 17.4 Å². The first-order valence-corrected chi connectivity index (χ1v) is 11.1. The lowest BCUT2D eigenvalue weighted by Crippen LogP contribution is -2.38. The Labute approximate surface area is 167 Å². The van der Waals surface area contributed by atoms with Crippen LogP contribution in [0.3, 0.4) is 0 Å². The smallest absolute Gasteiger partial charge is 0.339 e. The molecule has 0 bridgehead atoms. The summed E-state index contributed by atoms with van der Waals surface area (Å²) in [6, 6.07) is 11.8. The molecule has 1 saturated carbocycles. The van der Waals surface area contributed by atoms with E-state index in [1.807, 2.05) is 24.9 Å². The SMILES string of the molecule is Cc1ccc(C)c(S(=O)(=O)Oc2ccc(C(=O)N(C)C3CCCCC3)cc2)c1. The van der Waals surface area contributed by atoms with Crippen molar-refractivity contribution in [2.75, 3.05) is 7.05 Å². The third kappa shape index (κ3) is 4.55. The highest BCUT2D eigenvalue weighted by Crippen LogP contribution is 2.25. The number of carbonyl (C=O) groups excluding carboxylic acids is 1. The fourth-order valence-electron chi connectivity index (χ4n) is 3.64. The molecule has 28 heavy (non-hydrogen) atoms. The van der Waals surface area contributed by atoms with Gasteiger partial charge in [0.2, 0.25) is 0 Å². The van der Waals surface area contributed by atoms with Crippen LogP contribution >= 0.6 is 0 Å². The topological polar surface area (TPSA) is 63.7 Å². The Hall–Kier alpha value is -2.34. The molecule has 0 unspecified atom stereocenters. The molecule has 5 nitrogen and oxygen atoms in total. The molecule has 1 amide bonds. The molecule has 3 rings (SSSR count). The van der Waals surface area contributed by atoms with Crippen LogP contribution < -0.4 is 4.18 Å². The third-order valence-electron chi connectivity index (χ3n) is 5.36. The van der Waals surface area contributed by atoms with E-state index >= 15 is 0 Å². The molecular weight excluding hydrogens is 374 g/mol. The van der Waals surface area contributed by atoms with Crippen LogP contribution in [0.2, 0.25) is 0 Å². The number of nitrogens with zero attached hydrogens (tertiary/aromatic N) is 1. The molecule has 0 N–H and O–H groups in total. The predicted molar refractivity (Wildman–Crippen MR) is 109 cm³/mol. The summed E-state index contributed by atoms with van der Waals surface area (Å²) in [5.74, 6) is 0.147. The molecule has 0 atom stereocenters. The largest absolute Gasteiger partial charge is 0.379 e. The van der Waals surface area contributed by atoms with Crippen molar-refractivity contribution in [1.82, 2.24) is 4.90 Å². The summed E-state index contributed by atoms with van der Waals surface area (Å²) in [7, 11) is -2.09. The van der Waals surface area contributed by atoms with Gasteiger partial charge in [-0.2, -0.15) is 8.42 Å². The predicted octanol–water partition coefficient (Wildman–Crippen LogP) is 4.48. The second-order valence-corrected chi connectivity index (χ2v) is 9.05. The summed E-state index contributed by atoms with van der Waals surface area (Å²) < 4.78 is 30.5. The van der Waals surface area contributed by atoms with E-state index in [1.165, 1.54) is 18.6 Å². The van der Waals surface area contributed by atoms with E-state index < -0.39 is 10.1 Å². The van der Waals surface area contributed by atoms with E-state index in [4.69, 9.17) is 4.18 Å². The van der Waals surface area contributed by atoms with Crippen LogP contribution in [-0.4, -0.2) is 32.3 Å². The summed E-state index contributed by atoms with van der Waals surface area (Å²) in [5, 5.41) is 0. The molecule has 1 fully saturated rings. The number of amides is 1. The van der Waals surface area contributed by atoms with Crippen LogP contribution in [0.25, 0.3) is 0 Å². The highest BCUT2D eigenvalue weighted by atomic mass is 32.2. The molecular formula is C22H27NO4S. The average molecular weight is 402 g/mol. The lowest BCUT2D eigenvalue weighted by Gasteiger charge is -2.31. The zero-order valence-electron chi connectivity index (χ0n) is 16.6. The van der Waals surface area contributed by atoms with E-state index in [0.717, 1.165) is 31.2 Å². The van der Waals surface area contributed by atoms with Crippen LogP contribution in [0.5, 0.6) is 5.75 Å². The monoisotopic (exact) mass is 401 g/mol. The lowest BCUT2D eigenvalue weighted by atomic mass is 9.94. The summed E-state index contributed by atoms with van der Waals surface area (Å²) in [6.07, 6.45) is 5.63. The summed E-state index contributed by atoms with van der Waals surface area (Å²) in [5.41, 5.74) is 2.01. The van der Waals surface area contributed by atoms with Crippen LogP contribution in [0.4, 0.5) is 0 Å². The van der Waals surface area contributed by atoms with Crippen molar-refractivity contribution in [3.8, 4) is 5.75 Å².